The first-order chi connectivity index (χ1) is 21.0. The van der Waals surface area contributed by atoms with Gasteiger partial charge in [-0.25, -0.2) is 14.4 Å². The van der Waals surface area contributed by atoms with Crippen LogP contribution in [0, 0.1) is 0 Å². The van der Waals surface area contributed by atoms with E-state index in [9.17, 15) is 33.9 Å². The van der Waals surface area contributed by atoms with Crippen molar-refractivity contribution < 1.29 is 68.7 Å². The molecular weight excluding hydrogens is 588 g/mol. The van der Waals surface area contributed by atoms with Gasteiger partial charge in [-0.2, -0.15) is 0 Å². The molecule has 1 rings (SSSR count). The maximum Gasteiger partial charge on any atom is 0.326 e. The summed E-state index contributed by atoms with van der Waals surface area (Å²) in [5.74, 6) is -4.20. The summed E-state index contributed by atoms with van der Waals surface area (Å²) in [6.45, 7) is 2.19. The summed E-state index contributed by atoms with van der Waals surface area (Å²) >= 11 is 0. The van der Waals surface area contributed by atoms with Gasteiger partial charge in [0.25, 0.3) is 5.91 Å². The molecule has 0 heterocycles. The standard InChI is InChI=1S/C27H40N4O13.4H2/c1-41-19-4-2-18(3-5-19)24(35)29-11-13-43-15-17-44-16-14-42-12-10-28-22(32)8-6-20(25(36)37)30-27(40)31-21(26(38)39)7-9-23(33)34;;;;/h2-5,20-21H,6-17H2,1H3,(H,28,32)(H,29,35)(H,33,34)(H,36,37)(H,38,39)(H2,30,31,40);4*1H. The highest BCUT2D eigenvalue weighted by atomic mass is 16.5. The average Bonchev–Trinajstić information content (AvgIpc) is 2.99. The Morgan fingerprint density at radius 1 is 0.705 bits per heavy atom. The first-order valence-electron chi connectivity index (χ1n) is 13.7. The first-order valence-corrected chi connectivity index (χ1v) is 13.7. The summed E-state index contributed by atoms with van der Waals surface area (Å²) in [4.78, 5) is 69.2. The van der Waals surface area contributed by atoms with Gasteiger partial charge < -0.3 is 55.5 Å². The van der Waals surface area contributed by atoms with E-state index in [1.54, 1.807) is 31.4 Å². The van der Waals surface area contributed by atoms with Crippen LogP contribution >= 0.6 is 0 Å². The predicted octanol–water partition coefficient (Wildman–Crippen LogP) is 0.426. The SMILES string of the molecule is COc1ccc(C(=O)NCCOCCOCCOCCNC(=O)CCC(NC(=O)NC(CCC(=O)O)C(=O)O)C(=O)O)cc1.[HH].[HH].[HH].[HH]. The molecule has 0 radical (unpaired) electrons. The van der Waals surface area contributed by atoms with E-state index >= 15 is 0 Å². The van der Waals surface area contributed by atoms with Crippen LogP contribution in [-0.2, 0) is 33.4 Å². The number of hydrogen-bond acceptors (Lipinski definition) is 10. The number of amides is 4. The second-order valence-corrected chi connectivity index (χ2v) is 9.04. The zero-order chi connectivity index (χ0) is 32.7. The number of carbonyl (C=O) groups excluding carboxylic acids is 3. The minimum atomic E-state index is -1.53. The normalized spacial score (nSPS) is 11.9. The third-order valence-corrected chi connectivity index (χ3v) is 5.71. The zero-order valence-corrected chi connectivity index (χ0v) is 24.4. The van der Waals surface area contributed by atoms with Crippen LogP contribution in [-0.4, -0.2) is 123 Å². The summed E-state index contributed by atoms with van der Waals surface area (Å²) in [5, 5.41) is 36.4. The van der Waals surface area contributed by atoms with Crippen molar-refractivity contribution in [1.82, 2.24) is 21.3 Å². The van der Waals surface area contributed by atoms with Gasteiger partial charge >= 0.3 is 23.9 Å². The lowest BCUT2D eigenvalue weighted by molar-refractivity contribution is -0.141. The Hall–Kier alpha value is -4.48. The minimum absolute atomic E-state index is 0. The van der Waals surface area contributed by atoms with Crippen LogP contribution in [0.2, 0.25) is 0 Å². The van der Waals surface area contributed by atoms with E-state index in [0.29, 0.717) is 44.3 Å². The van der Waals surface area contributed by atoms with Gasteiger partial charge in [0, 0.05) is 37.2 Å². The van der Waals surface area contributed by atoms with Crippen molar-refractivity contribution in [3.05, 3.63) is 29.8 Å². The van der Waals surface area contributed by atoms with Gasteiger partial charge in [-0.3, -0.25) is 14.4 Å². The Kier molecular flexibility index (Phi) is 18.9. The smallest absolute Gasteiger partial charge is 0.326 e. The topological polar surface area (TPSA) is 248 Å². The molecule has 0 bridgehead atoms. The number of carboxylic acids is 3. The van der Waals surface area contributed by atoms with Crippen LogP contribution in [0.15, 0.2) is 24.3 Å². The van der Waals surface area contributed by atoms with E-state index in [4.69, 9.17) is 29.2 Å². The van der Waals surface area contributed by atoms with Crippen LogP contribution < -0.4 is 26.0 Å². The summed E-state index contributed by atoms with van der Waals surface area (Å²) in [6.07, 6.45) is -1.42. The highest BCUT2D eigenvalue weighted by molar-refractivity contribution is 5.94. The van der Waals surface area contributed by atoms with Crippen molar-refractivity contribution in [2.75, 3.05) is 59.8 Å². The number of aliphatic carboxylic acids is 3. The van der Waals surface area contributed by atoms with Crippen molar-refractivity contribution in [2.24, 2.45) is 0 Å². The molecule has 0 saturated heterocycles. The largest absolute Gasteiger partial charge is 0.497 e. The third-order valence-electron chi connectivity index (χ3n) is 5.71. The first kappa shape index (κ1) is 37.5. The molecule has 4 amide bonds. The fourth-order valence-electron chi connectivity index (χ4n) is 3.39. The molecular formula is C27H48N4O13. The third kappa shape index (κ3) is 17.5. The van der Waals surface area contributed by atoms with Gasteiger partial charge in [-0.15, -0.1) is 0 Å². The highest BCUT2D eigenvalue weighted by Gasteiger charge is 2.25. The zero-order valence-electron chi connectivity index (χ0n) is 24.4. The molecule has 1 aromatic carbocycles. The van der Waals surface area contributed by atoms with Gasteiger partial charge in [-0.1, -0.05) is 0 Å². The number of nitrogens with one attached hydrogen (secondary N) is 4. The Morgan fingerprint density at radius 3 is 1.66 bits per heavy atom. The van der Waals surface area contributed by atoms with E-state index in [1.807, 2.05) is 5.32 Å². The Labute approximate surface area is 259 Å². The molecule has 7 N–H and O–H groups in total. The van der Waals surface area contributed by atoms with Crippen molar-refractivity contribution in [1.29, 1.82) is 0 Å². The van der Waals surface area contributed by atoms with Gasteiger partial charge in [0.2, 0.25) is 5.91 Å². The van der Waals surface area contributed by atoms with E-state index < -0.39 is 54.8 Å². The number of methoxy groups -OCH3 is 1. The molecule has 1 aromatic rings. The number of ether oxygens (including phenoxy) is 4. The minimum Gasteiger partial charge on any atom is -0.497 e. The molecule has 0 aliphatic rings. The number of rotatable bonds is 24. The van der Waals surface area contributed by atoms with Gasteiger partial charge in [0.1, 0.15) is 17.8 Å². The highest BCUT2D eigenvalue weighted by Crippen LogP contribution is 2.11. The van der Waals surface area contributed by atoms with E-state index in [2.05, 4.69) is 16.0 Å². The van der Waals surface area contributed by atoms with Gasteiger partial charge in [0.15, 0.2) is 0 Å². The van der Waals surface area contributed by atoms with Crippen LogP contribution in [0.3, 0.4) is 0 Å². The molecule has 44 heavy (non-hydrogen) atoms. The molecule has 2 unspecified atom stereocenters. The van der Waals surface area contributed by atoms with Crippen molar-refractivity contribution in [3.8, 4) is 5.75 Å². The molecule has 0 aromatic heterocycles. The van der Waals surface area contributed by atoms with Crippen LogP contribution in [0.4, 0.5) is 4.79 Å². The second-order valence-electron chi connectivity index (χ2n) is 9.04. The molecule has 17 nitrogen and oxygen atoms in total. The number of hydrogen-bond donors (Lipinski definition) is 7. The Balaban J connectivity index is -0.00000242. The van der Waals surface area contributed by atoms with Crippen molar-refractivity contribution in [3.63, 3.8) is 0 Å². The molecule has 2 atom stereocenters. The number of carbonyl (C=O) groups is 6. The molecule has 0 aliphatic heterocycles. The quantitative estimate of drug-likeness (QED) is 0.0761. The summed E-state index contributed by atoms with van der Waals surface area (Å²) in [5.41, 5.74) is 0.515. The number of benzene rings is 1. The summed E-state index contributed by atoms with van der Waals surface area (Å²) in [6, 6.07) is 2.60. The maximum atomic E-state index is 12.0. The lowest BCUT2D eigenvalue weighted by Crippen LogP contribution is -2.51. The van der Waals surface area contributed by atoms with Gasteiger partial charge in [0.05, 0.1) is 46.8 Å². The predicted molar refractivity (Wildman–Crippen MR) is 160 cm³/mol. The molecule has 254 valence electrons. The maximum absolute atomic E-state index is 12.0. The van der Waals surface area contributed by atoms with Gasteiger partial charge in [-0.05, 0) is 37.1 Å². The van der Waals surface area contributed by atoms with E-state index in [0.717, 1.165) is 0 Å². The molecule has 17 heteroatoms. The Bertz CT molecular complexity index is 1090. The van der Waals surface area contributed by atoms with Crippen LogP contribution in [0.5, 0.6) is 5.75 Å². The molecule has 0 saturated carbocycles. The number of carboxylic acid groups (broad SMARTS) is 3. The van der Waals surface area contributed by atoms with Crippen molar-refractivity contribution >= 4 is 35.8 Å². The lowest BCUT2D eigenvalue weighted by Gasteiger charge is -2.18. The number of urea groups is 1. The molecule has 0 aliphatic carbocycles. The van der Waals surface area contributed by atoms with Crippen LogP contribution in [0.25, 0.3) is 0 Å². The summed E-state index contributed by atoms with van der Waals surface area (Å²) in [7, 11) is 1.55. The second kappa shape index (κ2) is 22.1. The average molecular weight is 637 g/mol. The Morgan fingerprint density at radius 2 is 1.18 bits per heavy atom. The van der Waals surface area contributed by atoms with Crippen LogP contribution in [0.1, 0.15) is 41.7 Å². The fraction of sp³-hybridized carbons (Fsp3) is 0.556. The molecule has 0 spiro atoms. The lowest BCUT2D eigenvalue weighted by atomic mass is 10.1. The van der Waals surface area contributed by atoms with E-state index in [1.165, 1.54) is 0 Å². The van der Waals surface area contributed by atoms with E-state index in [-0.39, 0.29) is 44.2 Å². The monoisotopic (exact) mass is 636 g/mol. The summed E-state index contributed by atoms with van der Waals surface area (Å²) < 4.78 is 21.2. The fourth-order valence-corrected chi connectivity index (χ4v) is 3.39. The van der Waals surface area contributed by atoms with Crippen molar-refractivity contribution in [2.45, 2.75) is 37.8 Å². The molecule has 0 fully saturated rings.